The van der Waals surface area contributed by atoms with Crippen LogP contribution in [-0.2, 0) is 6.54 Å². The Labute approximate surface area is 137 Å². The largest absolute Gasteiger partial charge is 0.310 e. The summed E-state index contributed by atoms with van der Waals surface area (Å²) in [4.78, 5) is 5.41. The summed E-state index contributed by atoms with van der Waals surface area (Å²) in [5.41, 5.74) is 1.25. The van der Waals surface area contributed by atoms with Crippen LogP contribution in [0.25, 0.3) is 0 Å². The normalized spacial score (nSPS) is 11.1. The molecule has 106 valence electrons. The fourth-order valence-electron chi connectivity index (χ4n) is 1.61. The lowest BCUT2D eigenvalue weighted by Gasteiger charge is -2.11. The van der Waals surface area contributed by atoms with E-state index >= 15 is 0 Å². The van der Waals surface area contributed by atoms with Crippen molar-refractivity contribution in [2.45, 2.75) is 36.4 Å². The molecule has 0 bridgehead atoms. The zero-order valence-corrected chi connectivity index (χ0v) is 14.5. The highest BCUT2D eigenvalue weighted by atomic mass is 79.9. The molecule has 2 rings (SSSR count). The maximum absolute atomic E-state index is 6.12. The van der Waals surface area contributed by atoms with Crippen LogP contribution in [0.1, 0.15) is 19.4 Å². The van der Waals surface area contributed by atoms with Crippen molar-refractivity contribution >= 4 is 39.3 Å². The molecule has 0 fully saturated rings. The van der Waals surface area contributed by atoms with Gasteiger partial charge in [0, 0.05) is 28.2 Å². The van der Waals surface area contributed by atoms with Gasteiger partial charge in [-0.2, -0.15) is 0 Å². The first kappa shape index (κ1) is 15.8. The molecule has 0 aliphatic heterocycles. The van der Waals surface area contributed by atoms with E-state index in [1.807, 2.05) is 12.1 Å². The summed E-state index contributed by atoms with van der Waals surface area (Å²) < 4.78 is 1.10. The third kappa shape index (κ3) is 4.48. The highest BCUT2D eigenvalue weighted by Crippen LogP contribution is 2.33. The molecule has 5 heteroatoms. The first-order valence-electron chi connectivity index (χ1n) is 6.36. The topological polar surface area (TPSA) is 24.9 Å². The van der Waals surface area contributed by atoms with Crippen LogP contribution in [0.2, 0.25) is 5.02 Å². The van der Waals surface area contributed by atoms with Crippen LogP contribution in [0.3, 0.4) is 0 Å². The van der Waals surface area contributed by atoms with Crippen LogP contribution in [-0.4, -0.2) is 11.0 Å². The van der Waals surface area contributed by atoms with E-state index in [-0.39, 0.29) is 0 Å². The zero-order chi connectivity index (χ0) is 14.5. The summed E-state index contributed by atoms with van der Waals surface area (Å²) in [7, 11) is 0. The molecule has 0 aliphatic rings. The molecule has 0 atom stereocenters. The van der Waals surface area contributed by atoms with Crippen molar-refractivity contribution in [2.75, 3.05) is 0 Å². The van der Waals surface area contributed by atoms with Gasteiger partial charge in [0.15, 0.2) is 0 Å². The van der Waals surface area contributed by atoms with Gasteiger partial charge in [0.2, 0.25) is 0 Å². The predicted molar refractivity (Wildman–Crippen MR) is 89.5 cm³/mol. The summed E-state index contributed by atoms with van der Waals surface area (Å²) in [6.45, 7) is 5.13. The predicted octanol–water partition coefficient (Wildman–Crippen LogP) is 5.15. The summed E-state index contributed by atoms with van der Waals surface area (Å²) in [6, 6.07) is 10.5. The summed E-state index contributed by atoms with van der Waals surface area (Å²) in [6.07, 6.45) is 1.75. The minimum Gasteiger partial charge on any atom is -0.310 e. The minimum atomic E-state index is 0.475. The first-order valence-corrected chi connectivity index (χ1v) is 8.35. The van der Waals surface area contributed by atoms with Gasteiger partial charge in [0.1, 0.15) is 5.03 Å². The molecule has 0 spiro atoms. The standard InChI is InChI=1S/C15H16BrClN2S/c1-10(2)19-9-11-5-6-12(8-13(11)16)20-15-14(17)4-3-7-18-15/h3-8,10,19H,9H2,1-2H3. The maximum Gasteiger partial charge on any atom is 0.119 e. The molecule has 1 aromatic carbocycles. The second kappa shape index (κ2) is 7.46. The van der Waals surface area contributed by atoms with Crippen LogP contribution in [0.4, 0.5) is 0 Å². The lowest BCUT2D eigenvalue weighted by molar-refractivity contribution is 0.587. The number of hydrogen-bond acceptors (Lipinski definition) is 3. The zero-order valence-electron chi connectivity index (χ0n) is 11.4. The third-order valence-electron chi connectivity index (χ3n) is 2.66. The fraction of sp³-hybridized carbons (Fsp3) is 0.267. The molecule has 0 amide bonds. The summed E-state index contributed by atoms with van der Waals surface area (Å²) in [5, 5.41) is 4.92. The third-order valence-corrected chi connectivity index (χ3v) is 4.83. The van der Waals surface area contributed by atoms with E-state index in [1.54, 1.807) is 18.0 Å². The second-order valence-corrected chi connectivity index (χ2v) is 7.01. The van der Waals surface area contributed by atoms with E-state index in [0.29, 0.717) is 11.1 Å². The molecule has 0 saturated carbocycles. The van der Waals surface area contributed by atoms with Gasteiger partial charge in [0.25, 0.3) is 0 Å². The molecular formula is C15H16BrClN2S. The molecule has 0 aliphatic carbocycles. The Hall–Kier alpha value is -0.550. The Balaban J connectivity index is 2.11. The summed E-state index contributed by atoms with van der Waals surface area (Å²) in [5.74, 6) is 0. The molecule has 2 nitrogen and oxygen atoms in total. The Morgan fingerprint density at radius 3 is 2.80 bits per heavy atom. The van der Waals surface area contributed by atoms with Crippen molar-refractivity contribution in [1.82, 2.24) is 10.3 Å². The molecular weight excluding hydrogens is 356 g/mol. The highest BCUT2D eigenvalue weighted by molar-refractivity contribution is 9.10. The monoisotopic (exact) mass is 370 g/mol. The van der Waals surface area contributed by atoms with Crippen molar-refractivity contribution in [3.8, 4) is 0 Å². The van der Waals surface area contributed by atoms with Gasteiger partial charge < -0.3 is 5.32 Å². The van der Waals surface area contributed by atoms with Crippen molar-refractivity contribution < 1.29 is 0 Å². The van der Waals surface area contributed by atoms with Crippen LogP contribution < -0.4 is 5.32 Å². The molecule has 2 aromatic rings. The van der Waals surface area contributed by atoms with E-state index in [0.717, 1.165) is 20.9 Å². The number of hydrogen-bond donors (Lipinski definition) is 1. The van der Waals surface area contributed by atoms with Crippen molar-refractivity contribution in [3.63, 3.8) is 0 Å². The molecule has 1 aromatic heterocycles. The number of benzene rings is 1. The fourth-order valence-corrected chi connectivity index (χ4v) is 3.33. The van der Waals surface area contributed by atoms with Gasteiger partial charge in [-0.3, -0.25) is 0 Å². The maximum atomic E-state index is 6.12. The second-order valence-electron chi connectivity index (χ2n) is 4.68. The number of nitrogens with zero attached hydrogens (tertiary/aromatic N) is 1. The van der Waals surface area contributed by atoms with Gasteiger partial charge >= 0.3 is 0 Å². The van der Waals surface area contributed by atoms with Gasteiger partial charge in [-0.25, -0.2) is 4.98 Å². The average Bonchev–Trinajstić information content (AvgIpc) is 2.40. The van der Waals surface area contributed by atoms with E-state index in [1.165, 1.54) is 5.56 Å². The van der Waals surface area contributed by atoms with Crippen molar-refractivity contribution in [1.29, 1.82) is 0 Å². The average molecular weight is 372 g/mol. The molecule has 20 heavy (non-hydrogen) atoms. The van der Waals surface area contributed by atoms with Gasteiger partial charge in [-0.1, -0.05) is 59.2 Å². The van der Waals surface area contributed by atoms with Crippen LogP contribution in [0.5, 0.6) is 0 Å². The molecule has 1 N–H and O–H groups in total. The first-order chi connectivity index (χ1) is 9.56. The number of rotatable bonds is 5. The highest BCUT2D eigenvalue weighted by Gasteiger charge is 2.06. The van der Waals surface area contributed by atoms with Gasteiger partial charge in [0.05, 0.1) is 5.02 Å². The van der Waals surface area contributed by atoms with Crippen molar-refractivity contribution in [3.05, 3.63) is 51.6 Å². The van der Waals surface area contributed by atoms with Crippen LogP contribution >= 0.6 is 39.3 Å². The Morgan fingerprint density at radius 1 is 1.35 bits per heavy atom. The Morgan fingerprint density at radius 2 is 2.15 bits per heavy atom. The quantitative estimate of drug-likeness (QED) is 0.787. The molecule has 1 heterocycles. The van der Waals surface area contributed by atoms with E-state index in [2.05, 4.69) is 58.3 Å². The van der Waals surface area contributed by atoms with Crippen molar-refractivity contribution in [2.24, 2.45) is 0 Å². The lowest BCUT2D eigenvalue weighted by atomic mass is 10.2. The van der Waals surface area contributed by atoms with Gasteiger partial charge in [-0.05, 0) is 29.8 Å². The Bertz CT molecular complexity index is 590. The number of nitrogens with one attached hydrogen (secondary N) is 1. The molecule has 0 unspecified atom stereocenters. The lowest BCUT2D eigenvalue weighted by Crippen LogP contribution is -2.21. The van der Waals surface area contributed by atoms with Gasteiger partial charge in [-0.15, -0.1) is 0 Å². The number of aromatic nitrogens is 1. The van der Waals surface area contributed by atoms with E-state index in [4.69, 9.17) is 11.6 Å². The van der Waals surface area contributed by atoms with E-state index in [9.17, 15) is 0 Å². The molecule has 0 radical (unpaired) electrons. The SMILES string of the molecule is CC(C)NCc1ccc(Sc2ncccc2Cl)cc1Br. The number of pyridine rings is 1. The molecule has 0 saturated heterocycles. The van der Waals surface area contributed by atoms with Crippen LogP contribution in [0.15, 0.2) is 50.9 Å². The van der Waals surface area contributed by atoms with E-state index < -0.39 is 0 Å². The minimum absolute atomic E-state index is 0.475. The number of halogens is 2. The summed E-state index contributed by atoms with van der Waals surface area (Å²) >= 11 is 11.3. The smallest absolute Gasteiger partial charge is 0.119 e. The Kier molecular flexibility index (Phi) is 5.90. The van der Waals surface area contributed by atoms with Crippen LogP contribution in [0, 0.1) is 0 Å².